The lowest BCUT2D eigenvalue weighted by Crippen LogP contribution is -2.28. The fourth-order valence-electron chi connectivity index (χ4n) is 1.29. The van der Waals surface area contributed by atoms with Crippen molar-refractivity contribution in [2.45, 2.75) is 6.43 Å². The van der Waals surface area contributed by atoms with Crippen LogP contribution in [0.4, 0.5) is 8.78 Å². The fourth-order valence-corrected chi connectivity index (χ4v) is 1.29. The first-order valence-electron chi connectivity index (χ1n) is 5.82. The van der Waals surface area contributed by atoms with Crippen LogP contribution in [0.5, 0.6) is 0 Å². The van der Waals surface area contributed by atoms with Gasteiger partial charge < -0.3 is 15.2 Å². The maximum absolute atomic E-state index is 11.8. The molecule has 0 aliphatic rings. The molecule has 108 valence electrons. The Labute approximate surface area is 115 Å². The normalized spacial score (nSPS) is 10.0. The molecule has 20 heavy (non-hydrogen) atoms. The van der Waals surface area contributed by atoms with Gasteiger partial charge in [-0.2, -0.15) is 0 Å². The zero-order valence-corrected chi connectivity index (χ0v) is 10.6. The van der Waals surface area contributed by atoms with E-state index in [1.54, 1.807) is 0 Å². The predicted octanol–water partition coefficient (Wildman–Crippen LogP) is 0.437. The number of ether oxygens (including phenoxy) is 1. The summed E-state index contributed by atoms with van der Waals surface area (Å²) >= 11 is 0. The summed E-state index contributed by atoms with van der Waals surface area (Å²) in [4.78, 5) is 15.6. The molecule has 0 saturated carbocycles. The third kappa shape index (κ3) is 6.22. The van der Waals surface area contributed by atoms with Gasteiger partial charge in [-0.3, -0.25) is 9.78 Å². The lowest BCUT2D eigenvalue weighted by atomic mass is 10.2. The lowest BCUT2D eigenvalue weighted by Gasteiger charge is -2.06. The summed E-state index contributed by atoms with van der Waals surface area (Å²) in [7, 11) is 0. The van der Waals surface area contributed by atoms with E-state index in [2.05, 4.69) is 26.9 Å². The second-order valence-corrected chi connectivity index (χ2v) is 3.64. The second-order valence-electron chi connectivity index (χ2n) is 3.64. The van der Waals surface area contributed by atoms with Crippen LogP contribution in [-0.2, 0) is 4.74 Å². The van der Waals surface area contributed by atoms with Crippen LogP contribution in [0.2, 0.25) is 0 Å². The highest BCUT2D eigenvalue weighted by Gasteiger charge is 2.06. The molecule has 0 aliphatic carbocycles. The van der Waals surface area contributed by atoms with Crippen LogP contribution in [0.1, 0.15) is 15.9 Å². The quantitative estimate of drug-likeness (QED) is 0.587. The largest absolute Gasteiger partial charge is 0.384 e. The summed E-state index contributed by atoms with van der Waals surface area (Å²) in [5.74, 6) is 4.67. The maximum atomic E-state index is 11.8. The molecule has 0 unspecified atom stereocenters. The summed E-state index contributed by atoms with van der Waals surface area (Å²) < 4.78 is 28.2. The van der Waals surface area contributed by atoms with Crippen molar-refractivity contribution < 1.29 is 23.4 Å². The smallest absolute Gasteiger partial charge is 0.261 e. The summed E-state index contributed by atoms with van der Waals surface area (Å²) in [6.45, 7) is -0.798. The highest BCUT2D eigenvalue weighted by atomic mass is 19.3. The molecule has 1 rings (SSSR count). The van der Waals surface area contributed by atoms with Crippen molar-refractivity contribution in [2.24, 2.45) is 0 Å². The highest BCUT2D eigenvalue weighted by molar-refractivity contribution is 5.94. The van der Waals surface area contributed by atoms with Crippen LogP contribution in [0, 0.1) is 11.8 Å². The molecule has 1 heterocycles. The molecule has 0 atom stereocenters. The van der Waals surface area contributed by atoms with Crippen molar-refractivity contribution in [1.82, 2.24) is 10.3 Å². The van der Waals surface area contributed by atoms with Gasteiger partial charge in [0.15, 0.2) is 0 Å². The van der Waals surface area contributed by atoms with E-state index in [1.165, 1.54) is 18.5 Å². The number of aliphatic hydroxyl groups excluding tert-OH is 1. The molecule has 0 aliphatic heterocycles. The van der Waals surface area contributed by atoms with Gasteiger partial charge in [0.1, 0.15) is 13.2 Å². The van der Waals surface area contributed by atoms with Gasteiger partial charge in [-0.25, -0.2) is 8.78 Å². The molecule has 0 spiro atoms. The Balaban J connectivity index is 2.43. The molecule has 1 aromatic rings. The standard InChI is InChI=1S/C13H14F2N2O3/c14-12(15)9-20-5-3-17-13(19)11-6-10(2-1-4-18)7-16-8-11/h6-8,12,18H,3-5,9H2,(H,17,19). The molecule has 0 aromatic carbocycles. The molecule has 7 heteroatoms. The number of aliphatic hydroxyl groups is 1. The molecule has 0 bridgehead atoms. The lowest BCUT2D eigenvalue weighted by molar-refractivity contribution is 0.0188. The summed E-state index contributed by atoms with van der Waals surface area (Å²) in [5.41, 5.74) is 0.796. The maximum Gasteiger partial charge on any atom is 0.261 e. The van der Waals surface area contributed by atoms with Crippen LogP contribution in [0.15, 0.2) is 18.5 Å². The first kappa shape index (κ1) is 16.0. The number of halogens is 2. The van der Waals surface area contributed by atoms with Gasteiger partial charge in [0, 0.05) is 24.5 Å². The minimum Gasteiger partial charge on any atom is -0.384 e. The van der Waals surface area contributed by atoms with Gasteiger partial charge in [0.2, 0.25) is 0 Å². The minimum absolute atomic E-state index is 0.00746. The van der Waals surface area contributed by atoms with Gasteiger partial charge in [-0.1, -0.05) is 11.8 Å². The monoisotopic (exact) mass is 284 g/mol. The van der Waals surface area contributed by atoms with Crippen molar-refractivity contribution in [3.8, 4) is 11.8 Å². The third-order valence-corrected chi connectivity index (χ3v) is 2.09. The van der Waals surface area contributed by atoms with Crippen LogP contribution >= 0.6 is 0 Å². The molecular formula is C13H14F2N2O3. The first-order chi connectivity index (χ1) is 9.63. The Morgan fingerprint density at radius 1 is 1.50 bits per heavy atom. The SMILES string of the molecule is O=C(NCCOCC(F)F)c1cncc(C#CCO)c1. The Kier molecular flexibility index (Phi) is 7.17. The zero-order chi connectivity index (χ0) is 14.8. The van der Waals surface area contributed by atoms with Gasteiger partial charge in [-0.15, -0.1) is 0 Å². The highest BCUT2D eigenvalue weighted by Crippen LogP contribution is 2.01. The van der Waals surface area contributed by atoms with E-state index >= 15 is 0 Å². The average molecular weight is 284 g/mol. The predicted molar refractivity (Wildman–Crippen MR) is 67.4 cm³/mol. The third-order valence-electron chi connectivity index (χ3n) is 2.09. The zero-order valence-electron chi connectivity index (χ0n) is 10.6. The van der Waals surface area contributed by atoms with E-state index in [4.69, 9.17) is 5.11 Å². The number of alkyl halides is 2. The Morgan fingerprint density at radius 2 is 2.30 bits per heavy atom. The van der Waals surface area contributed by atoms with Crippen molar-refractivity contribution in [1.29, 1.82) is 0 Å². The van der Waals surface area contributed by atoms with Crippen molar-refractivity contribution in [3.05, 3.63) is 29.6 Å². The van der Waals surface area contributed by atoms with Gasteiger partial charge in [-0.05, 0) is 6.07 Å². The van der Waals surface area contributed by atoms with E-state index in [0.29, 0.717) is 11.1 Å². The number of pyridine rings is 1. The van der Waals surface area contributed by atoms with E-state index in [0.717, 1.165) is 0 Å². The Morgan fingerprint density at radius 3 is 3.00 bits per heavy atom. The van der Waals surface area contributed by atoms with E-state index in [9.17, 15) is 13.6 Å². The summed E-state index contributed by atoms with van der Waals surface area (Å²) in [6, 6.07) is 1.52. The van der Waals surface area contributed by atoms with E-state index < -0.39 is 18.9 Å². The molecule has 1 amide bonds. The Hall–Kier alpha value is -2.04. The fraction of sp³-hybridized carbons (Fsp3) is 0.385. The molecule has 0 fully saturated rings. The second kappa shape index (κ2) is 8.96. The number of hydrogen-bond donors (Lipinski definition) is 2. The molecule has 0 saturated heterocycles. The van der Waals surface area contributed by atoms with Crippen LogP contribution in [0.25, 0.3) is 0 Å². The number of nitrogens with one attached hydrogen (secondary N) is 1. The number of hydrogen-bond acceptors (Lipinski definition) is 4. The summed E-state index contributed by atoms with van der Waals surface area (Å²) in [6.07, 6.45) is 0.307. The van der Waals surface area contributed by atoms with Crippen molar-refractivity contribution in [2.75, 3.05) is 26.4 Å². The van der Waals surface area contributed by atoms with Gasteiger partial charge in [0.05, 0.1) is 12.2 Å². The number of amides is 1. The molecule has 2 N–H and O–H groups in total. The number of carbonyl (C=O) groups excluding carboxylic acids is 1. The number of carbonyl (C=O) groups is 1. The van der Waals surface area contributed by atoms with Gasteiger partial charge in [0.25, 0.3) is 12.3 Å². The van der Waals surface area contributed by atoms with E-state index in [-0.39, 0.29) is 19.8 Å². The van der Waals surface area contributed by atoms with Crippen LogP contribution < -0.4 is 5.32 Å². The van der Waals surface area contributed by atoms with Crippen molar-refractivity contribution >= 4 is 5.91 Å². The molecule has 5 nitrogen and oxygen atoms in total. The molecular weight excluding hydrogens is 270 g/mol. The van der Waals surface area contributed by atoms with Crippen LogP contribution in [-0.4, -0.2) is 48.8 Å². The summed E-state index contributed by atoms with van der Waals surface area (Å²) in [5, 5.41) is 11.1. The van der Waals surface area contributed by atoms with E-state index in [1.807, 2.05) is 0 Å². The Bertz CT molecular complexity index is 498. The number of nitrogens with zero attached hydrogens (tertiary/aromatic N) is 1. The molecule has 0 radical (unpaired) electrons. The van der Waals surface area contributed by atoms with Crippen molar-refractivity contribution in [3.63, 3.8) is 0 Å². The topological polar surface area (TPSA) is 71.5 Å². The number of aromatic nitrogens is 1. The first-order valence-corrected chi connectivity index (χ1v) is 5.82. The van der Waals surface area contributed by atoms with Gasteiger partial charge >= 0.3 is 0 Å². The molecule has 1 aromatic heterocycles. The van der Waals surface area contributed by atoms with Crippen LogP contribution in [0.3, 0.4) is 0 Å². The minimum atomic E-state index is -2.52. The average Bonchev–Trinajstić information content (AvgIpc) is 2.44. The number of rotatable bonds is 6.